The highest BCUT2D eigenvalue weighted by atomic mass is 16.3. The average molecular weight is 729 g/mol. The number of anilines is 3. The van der Waals surface area contributed by atoms with Crippen LogP contribution in [0.2, 0.25) is 0 Å². The monoisotopic (exact) mass is 728 g/mol. The van der Waals surface area contributed by atoms with Crippen LogP contribution in [0.25, 0.3) is 82.8 Å². The zero-order chi connectivity index (χ0) is 37.7. The Morgan fingerprint density at radius 2 is 0.772 bits per heavy atom. The van der Waals surface area contributed by atoms with Gasteiger partial charge in [-0.1, -0.05) is 140 Å². The van der Waals surface area contributed by atoms with E-state index in [1.165, 1.54) is 44.1 Å². The third-order valence-electron chi connectivity index (χ3n) is 11.2. The van der Waals surface area contributed by atoms with Crippen molar-refractivity contribution in [3.05, 3.63) is 218 Å². The van der Waals surface area contributed by atoms with Crippen molar-refractivity contribution in [1.29, 1.82) is 0 Å². The minimum Gasteiger partial charge on any atom is -0.456 e. The smallest absolute Gasteiger partial charge is 0.136 e. The van der Waals surface area contributed by atoms with E-state index in [1.54, 1.807) is 0 Å². The maximum absolute atomic E-state index is 6.25. The second kappa shape index (κ2) is 13.6. The van der Waals surface area contributed by atoms with E-state index in [0.29, 0.717) is 0 Å². The first kappa shape index (κ1) is 32.8. The fourth-order valence-corrected chi connectivity index (χ4v) is 8.40. The Bertz CT molecular complexity index is 3200. The number of hydrogen-bond donors (Lipinski definition) is 0. The molecule has 0 saturated carbocycles. The van der Waals surface area contributed by atoms with Crippen LogP contribution in [0.4, 0.5) is 17.1 Å². The van der Waals surface area contributed by atoms with Gasteiger partial charge in [0.05, 0.1) is 11.0 Å². The molecule has 0 amide bonds. The molecule has 0 spiro atoms. The summed E-state index contributed by atoms with van der Waals surface area (Å²) in [5.41, 5.74) is 15.6. The highest BCUT2D eigenvalue weighted by molar-refractivity contribution is 6.11. The summed E-state index contributed by atoms with van der Waals surface area (Å²) in [6, 6.07) is 78.2. The minimum atomic E-state index is 0.900. The van der Waals surface area contributed by atoms with Gasteiger partial charge in [0.2, 0.25) is 0 Å². The molecule has 0 radical (unpaired) electrons. The summed E-state index contributed by atoms with van der Waals surface area (Å²) in [4.78, 5) is 2.36. The Morgan fingerprint density at radius 3 is 1.46 bits per heavy atom. The molecule has 0 unspecified atom stereocenters. The maximum atomic E-state index is 6.25. The molecule has 0 aliphatic carbocycles. The van der Waals surface area contributed by atoms with Gasteiger partial charge in [-0.25, -0.2) is 0 Å². The number of furan rings is 1. The zero-order valence-electron chi connectivity index (χ0n) is 31.1. The molecule has 0 fully saturated rings. The number of hydrogen-bond acceptors (Lipinski definition) is 2. The number of para-hydroxylation sites is 3. The van der Waals surface area contributed by atoms with Crippen molar-refractivity contribution in [2.24, 2.45) is 0 Å². The van der Waals surface area contributed by atoms with Gasteiger partial charge in [-0.15, -0.1) is 0 Å². The van der Waals surface area contributed by atoms with Crippen LogP contribution in [0.1, 0.15) is 0 Å². The first-order valence-electron chi connectivity index (χ1n) is 19.4. The Hall–Kier alpha value is -7.62. The summed E-state index contributed by atoms with van der Waals surface area (Å²) in [7, 11) is 0. The summed E-state index contributed by atoms with van der Waals surface area (Å²) in [5.74, 6) is 0. The van der Waals surface area contributed by atoms with E-state index in [1.807, 2.05) is 12.1 Å². The summed E-state index contributed by atoms with van der Waals surface area (Å²) < 4.78 is 8.61. The Labute approximate surface area is 330 Å². The lowest BCUT2D eigenvalue weighted by Gasteiger charge is -2.26. The molecule has 0 aliphatic heterocycles. The van der Waals surface area contributed by atoms with E-state index in [-0.39, 0.29) is 0 Å². The van der Waals surface area contributed by atoms with Crippen LogP contribution in [0.3, 0.4) is 0 Å². The summed E-state index contributed by atoms with van der Waals surface area (Å²) >= 11 is 0. The average Bonchev–Trinajstić information content (AvgIpc) is 3.83. The van der Waals surface area contributed by atoms with Gasteiger partial charge < -0.3 is 13.9 Å². The molecule has 268 valence electrons. The topological polar surface area (TPSA) is 21.3 Å². The summed E-state index contributed by atoms with van der Waals surface area (Å²) in [5, 5.41) is 4.72. The van der Waals surface area contributed by atoms with Gasteiger partial charge in [-0.05, 0) is 112 Å². The molecule has 0 bridgehead atoms. The molecule has 0 N–H and O–H groups in total. The van der Waals surface area contributed by atoms with Gasteiger partial charge in [-0.2, -0.15) is 0 Å². The lowest BCUT2D eigenvalue weighted by atomic mass is 10.00. The van der Waals surface area contributed by atoms with Crippen molar-refractivity contribution < 1.29 is 4.42 Å². The fraction of sp³-hybridized carbons (Fsp3) is 0. The van der Waals surface area contributed by atoms with Crippen LogP contribution < -0.4 is 4.90 Å². The van der Waals surface area contributed by atoms with E-state index in [4.69, 9.17) is 4.42 Å². The molecule has 3 nitrogen and oxygen atoms in total. The largest absolute Gasteiger partial charge is 0.456 e. The molecule has 11 aromatic rings. The van der Waals surface area contributed by atoms with E-state index < -0.39 is 0 Å². The standard InChI is InChI=1S/C54H36N2O/c1-3-11-37(12-4-1)38-19-21-39(22-20-38)40-23-28-44(29-24-40)55(45-30-25-41(26-31-45)42-27-33-49-48-16-8-10-18-53(48)57-54(49)35-42)46-32-34-52-50(36-46)47-15-7-9-17-51(47)56(52)43-13-5-2-6-14-43/h1-36H. The van der Waals surface area contributed by atoms with Gasteiger partial charge in [0, 0.05) is 44.3 Å². The summed E-state index contributed by atoms with van der Waals surface area (Å²) in [6.07, 6.45) is 0. The SMILES string of the molecule is c1ccc(-c2ccc(-c3ccc(N(c4ccc(-c5ccc6c(c5)oc5ccccc56)cc4)c4ccc5c(c4)c4ccccc4n5-c4ccccc4)cc3)cc2)cc1. The van der Waals surface area contributed by atoms with E-state index >= 15 is 0 Å². The van der Waals surface area contributed by atoms with Crippen molar-refractivity contribution in [2.45, 2.75) is 0 Å². The molecule has 0 saturated heterocycles. The van der Waals surface area contributed by atoms with Gasteiger partial charge >= 0.3 is 0 Å². The molecule has 3 heteroatoms. The molecular formula is C54H36N2O. The van der Waals surface area contributed by atoms with Gasteiger partial charge in [-0.3, -0.25) is 0 Å². The lowest BCUT2D eigenvalue weighted by molar-refractivity contribution is 0.669. The van der Waals surface area contributed by atoms with E-state index in [0.717, 1.165) is 55.8 Å². The minimum absolute atomic E-state index is 0.900. The first-order chi connectivity index (χ1) is 28.2. The molecule has 9 aromatic carbocycles. The molecule has 0 aliphatic rings. The van der Waals surface area contributed by atoms with Crippen LogP contribution in [-0.2, 0) is 0 Å². The number of rotatable bonds is 7. The second-order valence-corrected chi connectivity index (χ2v) is 14.6. The predicted molar refractivity (Wildman–Crippen MR) is 239 cm³/mol. The molecule has 2 aromatic heterocycles. The first-order valence-corrected chi connectivity index (χ1v) is 19.4. The Kier molecular flexibility index (Phi) is 7.82. The molecule has 11 rings (SSSR count). The highest BCUT2D eigenvalue weighted by Gasteiger charge is 2.18. The van der Waals surface area contributed by atoms with Gasteiger partial charge in [0.15, 0.2) is 0 Å². The van der Waals surface area contributed by atoms with Crippen LogP contribution >= 0.6 is 0 Å². The zero-order valence-corrected chi connectivity index (χ0v) is 31.1. The van der Waals surface area contributed by atoms with Crippen LogP contribution in [0.5, 0.6) is 0 Å². The fourth-order valence-electron chi connectivity index (χ4n) is 8.40. The van der Waals surface area contributed by atoms with Gasteiger partial charge in [0.1, 0.15) is 11.2 Å². The lowest BCUT2D eigenvalue weighted by Crippen LogP contribution is -2.10. The highest BCUT2D eigenvalue weighted by Crippen LogP contribution is 2.41. The van der Waals surface area contributed by atoms with Crippen molar-refractivity contribution in [2.75, 3.05) is 4.90 Å². The number of aromatic nitrogens is 1. The molecule has 0 atom stereocenters. The quantitative estimate of drug-likeness (QED) is 0.163. The Morgan fingerprint density at radius 1 is 0.298 bits per heavy atom. The molecule has 57 heavy (non-hydrogen) atoms. The third-order valence-corrected chi connectivity index (χ3v) is 11.2. The Balaban J connectivity index is 1.01. The van der Waals surface area contributed by atoms with Crippen molar-refractivity contribution in [3.8, 4) is 39.1 Å². The molecule has 2 heterocycles. The predicted octanol–water partition coefficient (Wildman–Crippen LogP) is 15.2. The van der Waals surface area contributed by atoms with Crippen molar-refractivity contribution in [3.63, 3.8) is 0 Å². The maximum Gasteiger partial charge on any atom is 0.136 e. The van der Waals surface area contributed by atoms with Crippen LogP contribution in [-0.4, -0.2) is 4.57 Å². The number of nitrogens with zero attached hydrogens (tertiary/aromatic N) is 2. The summed E-state index contributed by atoms with van der Waals surface area (Å²) in [6.45, 7) is 0. The third kappa shape index (κ3) is 5.76. The van der Waals surface area contributed by atoms with E-state index in [2.05, 4.69) is 216 Å². The number of benzene rings is 9. The van der Waals surface area contributed by atoms with Gasteiger partial charge in [0.25, 0.3) is 0 Å². The van der Waals surface area contributed by atoms with Crippen molar-refractivity contribution in [1.82, 2.24) is 4.57 Å². The normalized spacial score (nSPS) is 11.5. The van der Waals surface area contributed by atoms with E-state index in [9.17, 15) is 0 Å². The van der Waals surface area contributed by atoms with Crippen LogP contribution in [0.15, 0.2) is 223 Å². The van der Waals surface area contributed by atoms with Crippen LogP contribution in [0, 0.1) is 0 Å². The second-order valence-electron chi connectivity index (χ2n) is 14.6. The molecular weight excluding hydrogens is 693 g/mol. The van der Waals surface area contributed by atoms with Crippen molar-refractivity contribution >= 4 is 60.8 Å². The number of fused-ring (bicyclic) bond motifs is 6.